The Morgan fingerprint density at radius 2 is 1.71 bits per heavy atom. The van der Waals surface area contributed by atoms with Crippen molar-refractivity contribution in [3.05, 3.63) is 108 Å². The second-order valence-corrected chi connectivity index (χ2v) is 6.96. The van der Waals surface area contributed by atoms with Gasteiger partial charge in [-0.15, -0.1) is 0 Å². The fourth-order valence-corrected chi connectivity index (χ4v) is 3.71. The molecule has 0 bridgehead atoms. The van der Waals surface area contributed by atoms with Gasteiger partial charge in [-0.1, -0.05) is 79.8 Å². The average molecular weight is 371 g/mol. The number of fused-ring (bicyclic) bond motifs is 1. The van der Waals surface area contributed by atoms with Gasteiger partial charge in [-0.25, -0.2) is 0 Å². The zero-order valence-electron chi connectivity index (χ0n) is 17.1. The number of allylic oxidation sites excluding steroid dienone is 13. The van der Waals surface area contributed by atoms with Gasteiger partial charge in [-0.2, -0.15) is 0 Å². The molecule has 1 atom stereocenters. The molecular formula is C26H30N2. The number of benzene rings is 1. The first-order valence-electron chi connectivity index (χ1n) is 10.1. The lowest BCUT2D eigenvalue weighted by Gasteiger charge is -2.31. The Morgan fingerprint density at radius 1 is 1.00 bits per heavy atom. The zero-order valence-corrected chi connectivity index (χ0v) is 17.1. The number of anilines is 2. The van der Waals surface area contributed by atoms with E-state index >= 15 is 0 Å². The Hall–Kier alpha value is -3.00. The van der Waals surface area contributed by atoms with Crippen LogP contribution in [0.4, 0.5) is 11.4 Å². The van der Waals surface area contributed by atoms with Crippen LogP contribution in [0, 0.1) is 0 Å². The molecule has 0 spiro atoms. The first-order valence-corrected chi connectivity index (χ1v) is 10.1. The number of para-hydroxylation sites is 2. The topological polar surface area (TPSA) is 6.48 Å². The normalized spacial score (nSPS) is 19.9. The maximum atomic E-state index is 2.47. The Morgan fingerprint density at radius 3 is 2.46 bits per heavy atom. The molecule has 0 fully saturated rings. The van der Waals surface area contributed by atoms with Crippen LogP contribution in [0.3, 0.4) is 0 Å². The third kappa shape index (κ3) is 4.45. The van der Waals surface area contributed by atoms with Crippen molar-refractivity contribution in [1.29, 1.82) is 0 Å². The fraction of sp³-hybridized carbons (Fsp3) is 0.231. The smallest absolute Gasteiger partial charge is 0.106 e. The lowest BCUT2D eigenvalue weighted by atomic mass is 10.1. The minimum atomic E-state index is 0.341. The summed E-state index contributed by atoms with van der Waals surface area (Å²) in [6, 6.07) is 8.68. The molecule has 2 aliphatic rings. The molecule has 0 amide bonds. The van der Waals surface area contributed by atoms with Gasteiger partial charge in [0.25, 0.3) is 0 Å². The van der Waals surface area contributed by atoms with Crippen molar-refractivity contribution >= 4 is 11.4 Å². The van der Waals surface area contributed by atoms with E-state index in [1.807, 2.05) is 31.2 Å². The summed E-state index contributed by atoms with van der Waals surface area (Å²) in [5.41, 5.74) is 5.13. The molecule has 1 heterocycles. The molecule has 144 valence electrons. The summed E-state index contributed by atoms with van der Waals surface area (Å²) in [6.07, 6.45) is 27.9. The number of hydrogen-bond acceptors (Lipinski definition) is 2. The van der Waals surface area contributed by atoms with Crippen molar-refractivity contribution in [2.75, 3.05) is 16.8 Å². The SMILES string of the molecule is C\C=C/C=C\C=C/C=C/C1=CC(N2c3ccccc3N(C)C2CC)=CC=CC1. The highest BCUT2D eigenvalue weighted by atomic mass is 15.4. The highest BCUT2D eigenvalue weighted by Gasteiger charge is 2.33. The summed E-state index contributed by atoms with van der Waals surface area (Å²) in [7, 11) is 2.19. The zero-order chi connectivity index (χ0) is 19.8. The standard InChI is InChI=1S/C26H30N2/c1-4-6-7-8-9-10-11-16-22-17-12-13-18-23(21-22)28-25-20-15-14-19-24(25)27(3)26(28)5-2/h4,6-16,18-21,26H,5,17H2,1-3H3/b6-4-,8-7-,10-9-,16-11+. The average Bonchev–Trinajstić information content (AvgIpc) is 2.85. The van der Waals surface area contributed by atoms with Gasteiger partial charge < -0.3 is 9.80 Å². The van der Waals surface area contributed by atoms with Crippen LogP contribution in [0.1, 0.15) is 26.7 Å². The van der Waals surface area contributed by atoms with E-state index in [-0.39, 0.29) is 0 Å². The maximum absolute atomic E-state index is 2.47. The lowest BCUT2D eigenvalue weighted by molar-refractivity contribution is 0.634. The highest BCUT2D eigenvalue weighted by Crippen LogP contribution is 2.42. The molecule has 3 rings (SSSR count). The maximum Gasteiger partial charge on any atom is 0.106 e. The molecule has 1 aromatic carbocycles. The van der Waals surface area contributed by atoms with Crippen LogP contribution in [0.25, 0.3) is 0 Å². The summed E-state index contributed by atoms with van der Waals surface area (Å²) in [6.45, 7) is 4.27. The minimum absolute atomic E-state index is 0.341. The van der Waals surface area contributed by atoms with Crippen molar-refractivity contribution in [2.45, 2.75) is 32.9 Å². The predicted octanol–water partition coefficient (Wildman–Crippen LogP) is 6.69. The van der Waals surface area contributed by atoms with Crippen molar-refractivity contribution in [1.82, 2.24) is 0 Å². The molecular weight excluding hydrogens is 340 g/mol. The Labute approximate surface area is 169 Å². The van der Waals surface area contributed by atoms with Crippen LogP contribution >= 0.6 is 0 Å². The second-order valence-electron chi connectivity index (χ2n) is 6.96. The largest absolute Gasteiger partial charge is 0.352 e. The monoisotopic (exact) mass is 370 g/mol. The van der Waals surface area contributed by atoms with E-state index in [9.17, 15) is 0 Å². The van der Waals surface area contributed by atoms with Crippen LogP contribution in [-0.2, 0) is 0 Å². The van der Waals surface area contributed by atoms with Gasteiger partial charge in [-0.3, -0.25) is 0 Å². The highest BCUT2D eigenvalue weighted by molar-refractivity contribution is 5.80. The molecule has 0 radical (unpaired) electrons. The molecule has 0 aromatic heterocycles. The first kappa shape index (κ1) is 19.8. The van der Waals surface area contributed by atoms with Crippen molar-refractivity contribution < 1.29 is 0 Å². The molecule has 1 aliphatic carbocycles. The minimum Gasteiger partial charge on any atom is -0.352 e. The molecule has 1 aromatic rings. The summed E-state index contributed by atoms with van der Waals surface area (Å²) in [4.78, 5) is 4.85. The number of rotatable bonds is 6. The van der Waals surface area contributed by atoms with Gasteiger partial charge in [0.05, 0.1) is 11.4 Å². The Bertz CT molecular complexity index is 877. The lowest BCUT2D eigenvalue weighted by Crippen LogP contribution is -2.39. The van der Waals surface area contributed by atoms with E-state index in [0.717, 1.165) is 12.8 Å². The first-order chi connectivity index (χ1) is 13.8. The van der Waals surface area contributed by atoms with Crippen LogP contribution < -0.4 is 9.80 Å². The summed E-state index contributed by atoms with van der Waals surface area (Å²) in [5.74, 6) is 0. The third-order valence-electron chi connectivity index (χ3n) is 5.06. The summed E-state index contributed by atoms with van der Waals surface area (Å²) in [5, 5.41) is 0. The van der Waals surface area contributed by atoms with Crippen LogP contribution in [0.2, 0.25) is 0 Å². The Balaban J connectivity index is 1.84. The summed E-state index contributed by atoms with van der Waals surface area (Å²) >= 11 is 0. The Kier molecular flexibility index (Phi) is 6.91. The molecule has 0 N–H and O–H groups in total. The van der Waals surface area contributed by atoms with E-state index in [4.69, 9.17) is 0 Å². The van der Waals surface area contributed by atoms with Gasteiger partial charge >= 0.3 is 0 Å². The summed E-state index contributed by atoms with van der Waals surface area (Å²) < 4.78 is 0. The van der Waals surface area contributed by atoms with Crippen molar-refractivity contribution in [3.63, 3.8) is 0 Å². The van der Waals surface area contributed by atoms with Gasteiger partial charge in [0.15, 0.2) is 0 Å². The van der Waals surface area contributed by atoms with Crippen LogP contribution in [0.15, 0.2) is 108 Å². The second kappa shape index (κ2) is 9.80. The van der Waals surface area contributed by atoms with E-state index in [1.165, 1.54) is 22.6 Å². The molecule has 0 saturated carbocycles. The molecule has 0 saturated heterocycles. The molecule has 1 unspecified atom stereocenters. The molecule has 2 heteroatoms. The van der Waals surface area contributed by atoms with Crippen molar-refractivity contribution in [2.24, 2.45) is 0 Å². The van der Waals surface area contributed by atoms with Gasteiger partial charge in [0.2, 0.25) is 0 Å². The number of hydrogen-bond donors (Lipinski definition) is 0. The molecule has 28 heavy (non-hydrogen) atoms. The quantitative estimate of drug-likeness (QED) is 0.514. The van der Waals surface area contributed by atoms with Crippen LogP contribution in [-0.4, -0.2) is 13.2 Å². The van der Waals surface area contributed by atoms with E-state index in [0.29, 0.717) is 6.17 Å². The van der Waals surface area contributed by atoms with E-state index in [1.54, 1.807) is 0 Å². The van der Waals surface area contributed by atoms with Crippen molar-refractivity contribution in [3.8, 4) is 0 Å². The van der Waals surface area contributed by atoms with Gasteiger partial charge in [0, 0.05) is 12.7 Å². The van der Waals surface area contributed by atoms with Gasteiger partial charge in [-0.05, 0) is 49.6 Å². The van der Waals surface area contributed by atoms with Crippen LogP contribution in [0.5, 0.6) is 0 Å². The van der Waals surface area contributed by atoms with E-state index < -0.39 is 0 Å². The molecule has 2 nitrogen and oxygen atoms in total. The predicted molar refractivity (Wildman–Crippen MR) is 124 cm³/mol. The molecule has 1 aliphatic heterocycles. The third-order valence-corrected chi connectivity index (χ3v) is 5.06. The van der Waals surface area contributed by atoms with Gasteiger partial charge in [0.1, 0.15) is 6.17 Å². The van der Waals surface area contributed by atoms with E-state index in [2.05, 4.69) is 96.6 Å². The number of nitrogens with zero attached hydrogens (tertiary/aromatic N) is 2. The fourth-order valence-electron chi connectivity index (χ4n) is 3.71.